The van der Waals surface area contributed by atoms with Gasteiger partial charge < -0.3 is 14.8 Å². The Bertz CT molecular complexity index is 314. The topological polar surface area (TPSA) is 43.4 Å². The maximum atomic E-state index is 5.49. The molecule has 1 rings (SSSR count). The van der Waals surface area contributed by atoms with E-state index in [-0.39, 0.29) is 0 Å². The second kappa shape index (κ2) is 8.89. The Morgan fingerprint density at radius 2 is 2.11 bits per heavy atom. The van der Waals surface area contributed by atoms with Crippen molar-refractivity contribution in [3.63, 3.8) is 0 Å². The summed E-state index contributed by atoms with van der Waals surface area (Å²) in [4.78, 5) is 4.45. The lowest BCUT2D eigenvalue weighted by atomic mass is 10.1. The van der Waals surface area contributed by atoms with Crippen molar-refractivity contribution in [2.45, 2.75) is 32.7 Å². The van der Waals surface area contributed by atoms with Gasteiger partial charge in [-0.2, -0.15) is 0 Å². The lowest BCUT2D eigenvalue weighted by Gasteiger charge is -2.16. The highest BCUT2D eigenvalue weighted by atomic mass is 16.5. The van der Waals surface area contributed by atoms with Gasteiger partial charge in [-0.15, -0.1) is 0 Å². The van der Waals surface area contributed by atoms with E-state index >= 15 is 0 Å². The summed E-state index contributed by atoms with van der Waals surface area (Å²) in [6.45, 7) is 6.50. The maximum Gasteiger partial charge on any atom is 0.137 e. The van der Waals surface area contributed by atoms with Gasteiger partial charge in [0.1, 0.15) is 12.4 Å². The molecule has 0 spiro atoms. The lowest BCUT2D eigenvalue weighted by molar-refractivity contribution is 0.146. The molecule has 0 aliphatic heterocycles. The van der Waals surface area contributed by atoms with Crippen LogP contribution in [0.2, 0.25) is 0 Å². The number of ether oxygens (including phenoxy) is 2. The van der Waals surface area contributed by atoms with E-state index in [1.807, 2.05) is 12.1 Å². The number of nitrogens with zero attached hydrogens (tertiary/aromatic N) is 1. The van der Waals surface area contributed by atoms with Crippen LogP contribution in [0.5, 0.6) is 5.75 Å². The Hall–Kier alpha value is -1.13. The molecule has 0 saturated heterocycles. The third-order valence-electron chi connectivity index (χ3n) is 2.72. The summed E-state index contributed by atoms with van der Waals surface area (Å²) < 4.78 is 10.4. The number of rotatable bonds is 9. The first-order valence-corrected chi connectivity index (χ1v) is 6.62. The van der Waals surface area contributed by atoms with Gasteiger partial charge in [-0.1, -0.05) is 13.8 Å². The van der Waals surface area contributed by atoms with E-state index in [9.17, 15) is 0 Å². The minimum absolute atomic E-state index is 0.331. The third kappa shape index (κ3) is 5.02. The fourth-order valence-corrected chi connectivity index (χ4v) is 1.70. The normalized spacial score (nSPS) is 12.4. The zero-order valence-electron chi connectivity index (χ0n) is 11.6. The van der Waals surface area contributed by atoms with Crippen LogP contribution in [0.4, 0.5) is 0 Å². The molecule has 0 fully saturated rings. The average Bonchev–Trinajstić information content (AvgIpc) is 2.41. The first-order valence-electron chi connectivity index (χ1n) is 6.62. The predicted octanol–water partition coefficient (Wildman–Crippen LogP) is 2.56. The average molecular weight is 252 g/mol. The van der Waals surface area contributed by atoms with Crippen LogP contribution >= 0.6 is 0 Å². The van der Waals surface area contributed by atoms with Gasteiger partial charge in [0.15, 0.2) is 0 Å². The Morgan fingerprint density at radius 1 is 1.28 bits per heavy atom. The van der Waals surface area contributed by atoms with Crippen molar-refractivity contribution in [1.82, 2.24) is 10.3 Å². The zero-order chi connectivity index (χ0) is 13.2. The van der Waals surface area contributed by atoms with Gasteiger partial charge in [0.05, 0.1) is 18.5 Å². The van der Waals surface area contributed by atoms with Gasteiger partial charge in [0.2, 0.25) is 0 Å². The number of nitrogens with one attached hydrogen (secondary N) is 1. The summed E-state index contributed by atoms with van der Waals surface area (Å²) in [5, 5.41) is 3.48. The van der Waals surface area contributed by atoms with Crippen molar-refractivity contribution in [1.29, 1.82) is 0 Å². The molecular weight excluding hydrogens is 228 g/mol. The molecule has 1 N–H and O–H groups in total. The van der Waals surface area contributed by atoms with Crippen LogP contribution in [0.1, 0.15) is 38.4 Å². The first-order chi connectivity index (χ1) is 8.81. The summed E-state index contributed by atoms with van der Waals surface area (Å²) in [7, 11) is 1.66. The summed E-state index contributed by atoms with van der Waals surface area (Å²) in [6, 6.07) is 4.32. The second-order valence-electron chi connectivity index (χ2n) is 4.17. The fourth-order valence-electron chi connectivity index (χ4n) is 1.70. The van der Waals surface area contributed by atoms with Gasteiger partial charge in [-0.3, -0.25) is 4.98 Å². The SMILES string of the molecule is CCCNC(CC)c1ccc(OCCOC)cn1. The predicted molar refractivity (Wildman–Crippen MR) is 72.9 cm³/mol. The smallest absolute Gasteiger partial charge is 0.137 e. The van der Waals surface area contributed by atoms with Crippen LogP contribution in [0.15, 0.2) is 18.3 Å². The van der Waals surface area contributed by atoms with Gasteiger partial charge in [0.25, 0.3) is 0 Å². The van der Waals surface area contributed by atoms with Crippen LogP contribution in [0, 0.1) is 0 Å². The summed E-state index contributed by atoms with van der Waals surface area (Å²) >= 11 is 0. The summed E-state index contributed by atoms with van der Waals surface area (Å²) in [6.07, 6.45) is 3.95. The molecule has 4 heteroatoms. The lowest BCUT2D eigenvalue weighted by Crippen LogP contribution is -2.22. The molecule has 1 heterocycles. The number of pyridine rings is 1. The van der Waals surface area contributed by atoms with Crippen molar-refractivity contribution < 1.29 is 9.47 Å². The molecule has 0 amide bonds. The maximum absolute atomic E-state index is 5.49. The van der Waals surface area contributed by atoms with Gasteiger partial charge in [-0.25, -0.2) is 0 Å². The van der Waals surface area contributed by atoms with Crippen LogP contribution in [-0.4, -0.2) is 31.9 Å². The van der Waals surface area contributed by atoms with Crippen LogP contribution in [0.25, 0.3) is 0 Å². The summed E-state index contributed by atoms with van der Waals surface area (Å²) in [5.41, 5.74) is 1.07. The molecule has 102 valence electrons. The first kappa shape index (κ1) is 14.9. The monoisotopic (exact) mass is 252 g/mol. The Morgan fingerprint density at radius 3 is 2.67 bits per heavy atom. The van der Waals surface area contributed by atoms with E-state index < -0.39 is 0 Å². The van der Waals surface area contributed by atoms with Crippen LogP contribution in [-0.2, 0) is 4.74 Å². The minimum Gasteiger partial charge on any atom is -0.490 e. The van der Waals surface area contributed by atoms with Crippen molar-refractivity contribution in [2.24, 2.45) is 0 Å². The number of hydrogen-bond acceptors (Lipinski definition) is 4. The van der Waals surface area contributed by atoms with Crippen LogP contribution in [0.3, 0.4) is 0 Å². The van der Waals surface area contributed by atoms with Crippen molar-refractivity contribution in [2.75, 3.05) is 26.9 Å². The van der Waals surface area contributed by atoms with E-state index in [4.69, 9.17) is 9.47 Å². The molecule has 1 atom stereocenters. The third-order valence-corrected chi connectivity index (χ3v) is 2.72. The highest BCUT2D eigenvalue weighted by molar-refractivity contribution is 5.21. The molecule has 4 nitrogen and oxygen atoms in total. The van der Waals surface area contributed by atoms with Gasteiger partial charge in [0, 0.05) is 13.2 Å². The Balaban J connectivity index is 2.51. The van der Waals surface area contributed by atoms with Crippen molar-refractivity contribution in [3.8, 4) is 5.75 Å². The number of methoxy groups -OCH3 is 1. The van der Waals surface area contributed by atoms with E-state index in [1.165, 1.54) is 0 Å². The van der Waals surface area contributed by atoms with Crippen molar-refractivity contribution in [3.05, 3.63) is 24.0 Å². The highest BCUT2D eigenvalue weighted by Crippen LogP contribution is 2.17. The second-order valence-corrected chi connectivity index (χ2v) is 4.17. The number of hydrogen-bond donors (Lipinski definition) is 1. The van der Waals surface area contributed by atoms with E-state index in [0.717, 1.165) is 30.8 Å². The standard InChI is InChI=1S/C14H24N2O2/c1-4-8-15-13(5-2)14-7-6-12(11-16-14)18-10-9-17-3/h6-7,11,13,15H,4-5,8-10H2,1-3H3. The molecule has 1 aromatic heterocycles. The Kier molecular flexibility index (Phi) is 7.37. The molecule has 0 saturated carbocycles. The van der Waals surface area contributed by atoms with Gasteiger partial charge in [-0.05, 0) is 31.5 Å². The molecule has 0 aromatic carbocycles. The fraction of sp³-hybridized carbons (Fsp3) is 0.643. The molecule has 0 bridgehead atoms. The van der Waals surface area contributed by atoms with Crippen molar-refractivity contribution >= 4 is 0 Å². The zero-order valence-corrected chi connectivity index (χ0v) is 11.6. The minimum atomic E-state index is 0.331. The molecule has 0 aliphatic carbocycles. The molecule has 18 heavy (non-hydrogen) atoms. The molecular formula is C14H24N2O2. The molecule has 1 unspecified atom stereocenters. The largest absolute Gasteiger partial charge is 0.490 e. The van der Waals surface area contributed by atoms with E-state index in [1.54, 1.807) is 13.3 Å². The Labute approximate surface area is 110 Å². The molecule has 1 aromatic rings. The number of aromatic nitrogens is 1. The van der Waals surface area contributed by atoms with Crippen LogP contribution < -0.4 is 10.1 Å². The van der Waals surface area contributed by atoms with E-state index in [0.29, 0.717) is 19.3 Å². The van der Waals surface area contributed by atoms with E-state index in [2.05, 4.69) is 24.1 Å². The quantitative estimate of drug-likeness (QED) is 0.686. The summed E-state index contributed by atoms with van der Waals surface area (Å²) in [5.74, 6) is 0.793. The molecule has 0 radical (unpaired) electrons. The van der Waals surface area contributed by atoms with Gasteiger partial charge >= 0.3 is 0 Å². The highest BCUT2D eigenvalue weighted by Gasteiger charge is 2.09. The molecule has 0 aliphatic rings.